The lowest BCUT2D eigenvalue weighted by Gasteiger charge is -2.11. The van der Waals surface area contributed by atoms with Crippen molar-refractivity contribution < 1.29 is 26.4 Å². The Morgan fingerprint density at radius 1 is 1.25 bits per heavy atom. The van der Waals surface area contributed by atoms with Crippen molar-refractivity contribution in [1.29, 1.82) is 0 Å². The lowest BCUT2D eigenvalue weighted by atomic mass is 10.2. The van der Waals surface area contributed by atoms with Crippen molar-refractivity contribution in [2.45, 2.75) is 11.8 Å². The monoisotopic (exact) mass is 323 g/mol. The number of carbonyl (C=O) groups is 1. The predicted molar refractivity (Wildman–Crippen MR) is 70.6 cm³/mol. The quantitative estimate of drug-likeness (QED) is 0.691. The smallest absolute Gasteiger partial charge is 0.422 e. The van der Waals surface area contributed by atoms with Crippen LogP contribution in [0.25, 0.3) is 0 Å². The van der Waals surface area contributed by atoms with Crippen molar-refractivity contribution in [3.8, 4) is 0 Å². The third-order valence-electron chi connectivity index (χ3n) is 2.17. The van der Waals surface area contributed by atoms with Crippen molar-refractivity contribution in [2.24, 2.45) is 5.14 Å². The standard InChI is InChI=1S/C9H13N3O6S2/c1-6-5-7(19(10,14)15)3-4-8(6)11-20(16,17)12-9(13)18-2/h3-5,11H,1-2H3,(H,12,13)(H2,10,14,15). The zero-order chi connectivity index (χ0) is 15.6. The highest BCUT2D eigenvalue weighted by molar-refractivity contribution is 7.91. The predicted octanol–water partition coefficient (Wildman–Crippen LogP) is -0.345. The van der Waals surface area contributed by atoms with Crippen LogP contribution in [-0.4, -0.2) is 30.0 Å². The van der Waals surface area contributed by atoms with E-state index in [9.17, 15) is 21.6 Å². The molecule has 0 saturated heterocycles. The van der Waals surface area contributed by atoms with E-state index in [0.717, 1.165) is 13.2 Å². The first-order valence-electron chi connectivity index (χ1n) is 5.07. The molecule has 0 fully saturated rings. The molecule has 1 aromatic rings. The van der Waals surface area contributed by atoms with Gasteiger partial charge in [-0.2, -0.15) is 8.42 Å². The summed E-state index contributed by atoms with van der Waals surface area (Å²) in [5, 5.41) is 4.95. The molecule has 0 spiro atoms. The van der Waals surface area contributed by atoms with Crippen LogP contribution < -0.4 is 14.6 Å². The first kappa shape index (κ1) is 16.2. The second kappa shape index (κ2) is 5.64. The minimum absolute atomic E-state index is 0.0915. The first-order chi connectivity index (χ1) is 9.05. The Morgan fingerprint density at radius 3 is 2.30 bits per heavy atom. The second-order valence-corrected chi connectivity index (χ2v) is 6.70. The molecule has 0 bridgehead atoms. The van der Waals surface area contributed by atoms with Gasteiger partial charge in [-0.25, -0.2) is 23.1 Å². The Hall–Kier alpha value is -1.85. The molecule has 20 heavy (non-hydrogen) atoms. The zero-order valence-electron chi connectivity index (χ0n) is 10.6. The van der Waals surface area contributed by atoms with Gasteiger partial charge in [-0.15, -0.1) is 0 Å². The van der Waals surface area contributed by atoms with E-state index < -0.39 is 26.3 Å². The maximum absolute atomic E-state index is 11.5. The van der Waals surface area contributed by atoms with E-state index in [1.807, 2.05) is 0 Å². The minimum Gasteiger partial charge on any atom is -0.452 e. The first-order valence-corrected chi connectivity index (χ1v) is 8.10. The lowest BCUT2D eigenvalue weighted by molar-refractivity contribution is 0.177. The summed E-state index contributed by atoms with van der Waals surface area (Å²) < 4.78 is 53.1. The highest BCUT2D eigenvalue weighted by Crippen LogP contribution is 2.19. The normalized spacial score (nSPS) is 11.8. The van der Waals surface area contributed by atoms with E-state index in [0.29, 0.717) is 5.56 Å². The Bertz CT molecular complexity index is 726. The van der Waals surface area contributed by atoms with Crippen LogP contribution in [-0.2, 0) is 25.0 Å². The molecule has 0 aliphatic heterocycles. The Morgan fingerprint density at radius 2 is 1.85 bits per heavy atom. The summed E-state index contributed by atoms with van der Waals surface area (Å²) in [6.45, 7) is 1.48. The van der Waals surface area contributed by atoms with Gasteiger partial charge in [0.1, 0.15) is 0 Å². The third-order valence-corrected chi connectivity index (χ3v) is 4.01. The van der Waals surface area contributed by atoms with Crippen molar-refractivity contribution >= 4 is 32.0 Å². The number of anilines is 1. The molecule has 112 valence electrons. The molecule has 0 unspecified atom stereocenters. The molecular weight excluding hydrogens is 310 g/mol. The van der Waals surface area contributed by atoms with Crippen LogP contribution in [0.1, 0.15) is 5.56 Å². The molecule has 4 N–H and O–H groups in total. The molecule has 9 nitrogen and oxygen atoms in total. The number of amides is 1. The maximum Gasteiger partial charge on any atom is 0.422 e. The van der Waals surface area contributed by atoms with Crippen LogP contribution in [0.4, 0.5) is 10.5 Å². The molecule has 11 heteroatoms. The number of rotatable bonds is 4. The molecule has 1 amide bonds. The van der Waals surface area contributed by atoms with Gasteiger partial charge in [0.05, 0.1) is 17.7 Å². The summed E-state index contributed by atoms with van der Waals surface area (Å²) in [6, 6.07) is 3.55. The zero-order valence-corrected chi connectivity index (χ0v) is 12.2. The van der Waals surface area contributed by atoms with Gasteiger partial charge in [0.2, 0.25) is 10.0 Å². The molecule has 1 rings (SSSR count). The number of hydrogen-bond donors (Lipinski definition) is 3. The van der Waals surface area contributed by atoms with E-state index >= 15 is 0 Å². The average molecular weight is 323 g/mol. The van der Waals surface area contributed by atoms with Gasteiger partial charge in [0.25, 0.3) is 0 Å². The van der Waals surface area contributed by atoms with Crippen molar-refractivity contribution in [1.82, 2.24) is 4.72 Å². The largest absolute Gasteiger partial charge is 0.452 e. The molecule has 0 radical (unpaired) electrons. The number of ether oxygens (including phenoxy) is 1. The molecule has 0 aliphatic rings. The van der Waals surface area contributed by atoms with E-state index in [4.69, 9.17) is 5.14 Å². The number of primary sulfonamides is 1. The van der Waals surface area contributed by atoms with Gasteiger partial charge in [-0.3, -0.25) is 4.72 Å². The van der Waals surface area contributed by atoms with E-state index in [-0.39, 0.29) is 10.6 Å². The molecular formula is C9H13N3O6S2. The van der Waals surface area contributed by atoms with Gasteiger partial charge in [-0.05, 0) is 30.7 Å². The van der Waals surface area contributed by atoms with Crippen molar-refractivity contribution in [3.05, 3.63) is 23.8 Å². The fourth-order valence-corrected chi connectivity index (χ4v) is 2.72. The summed E-state index contributed by atoms with van der Waals surface area (Å²) in [7, 11) is -7.04. The van der Waals surface area contributed by atoms with E-state index in [1.54, 1.807) is 4.72 Å². The van der Waals surface area contributed by atoms with Gasteiger partial charge in [0, 0.05) is 0 Å². The van der Waals surface area contributed by atoms with Gasteiger partial charge < -0.3 is 4.74 Å². The average Bonchev–Trinajstić information content (AvgIpc) is 2.29. The third kappa shape index (κ3) is 4.36. The number of benzene rings is 1. The summed E-state index contributed by atoms with van der Waals surface area (Å²) in [4.78, 5) is 10.7. The Balaban J connectivity index is 3.03. The van der Waals surface area contributed by atoms with Gasteiger partial charge >= 0.3 is 16.3 Å². The van der Waals surface area contributed by atoms with E-state index in [2.05, 4.69) is 9.46 Å². The molecule has 0 saturated carbocycles. The molecule has 1 aromatic carbocycles. The van der Waals surface area contributed by atoms with E-state index in [1.165, 1.54) is 19.1 Å². The molecule has 0 heterocycles. The van der Waals surface area contributed by atoms with Crippen LogP contribution in [0.2, 0.25) is 0 Å². The number of carbonyl (C=O) groups excluding carboxylic acids is 1. The number of aryl methyl sites for hydroxylation is 1. The van der Waals surface area contributed by atoms with Crippen LogP contribution in [0.15, 0.2) is 23.1 Å². The van der Waals surface area contributed by atoms with Gasteiger partial charge in [0.15, 0.2) is 0 Å². The second-order valence-electron chi connectivity index (χ2n) is 3.72. The van der Waals surface area contributed by atoms with Crippen LogP contribution in [0.5, 0.6) is 0 Å². The number of hydrogen-bond acceptors (Lipinski definition) is 6. The number of methoxy groups -OCH3 is 1. The molecule has 0 atom stereocenters. The highest BCUT2D eigenvalue weighted by Gasteiger charge is 2.16. The summed E-state index contributed by atoms with van der Waals surface area (Å²) in [5.74, 6) is 0. The molecule has 0 aliphatic carbocycles. The summed E-state index contributed by atoms with van der Waals surface area (Å²) in [5.41, 5.74) is 0.403. The van der Waals surface area contributed by atoms with Crippen molar-refractivity contribution in [3.63, 3.8) is 0 Å². The number of sulfonamides is 1. The summed E-state index contributed by atoms with van der Waals surface area (Å²) >= 11 is 0. The Kier molecular flexibility index (Phi) is 4.57. The fraction of sp³-hybridized carbons (Fsp3) is 0.222. The fourth-order valence-electron chi connectivity index (χ4n) is 1.25. The van der Waals surface area contributed by atoms with Gasteiger partial charge in [-0.1, -0.05) is 0 Å². The Labute approximate surface area is 116 Å². The minimum atomic E-state index is -4.17. The topological polar surface area (TPSA) is 145 Å². The highest BCUT2D eigenvalue weighted by atomic mass is 32.2. The number of nitrogens with one attached hydrogen (secondary N) is 2. The molecule has 0 aromatic heterocycles. The number of nitrogens with two attached hydrogens (primary N) is 1. The van der Waals surface area contributed by atoms with Crippen LogP contribution in [0, 0.1) is 6.92 Å². The maximum atomic E-state index is 11.5. The van der Waals surface area contributed by atoms with Crippen molar-refractivity contribution in [2.75, 3.05) is 11.8 Å². The summed E-state index contributed by atoms with van der Waals surface area (Å²) in [6.07, 6.45) is -1.16. The van der Waals surface area contributed by atoms with Crippen LogP contribution >= 0.6 is 0 Å². The SMILES string of the molecule is COC(=O)NS(=O)(=O)Nc1ccc(S(N)(=O)=O)cc1C. The van der Waals surface area contributed by atoms with Crippen LogP contribution in [0.3, 0.4) is 0 Å². The lowest BCUT2D eigenvalue weighted by Crippen LogP contribution is -2.35.